The zero-order valence-corrected chi connectivity index (χ0v) is 20.5. The maximum absolute atomic E-state index is 12.9. The van der Waals surface area contributed by atoms with Crippen molar-refractivity contribution < 1.29 is 22.7 Å². The van der Waals surface area contributed by atoms with Crippen LogP contribution in [0.5, 0.6) is 0 Å². The van der Waals surface area contributed by atoms with E-state index < -0.39 is 16.0 Å². The van der Waals surface area contributed by atoms with Gasteiger partial charge in [0.1, 0.15) is 12.8 Å². The van der Waals surface area contributed by atoms with Crippen LogP contribution in [0.2, 0.25) is 0 Å². The van der Waals surface area contributed by atoms with E-state index in [0.29, 0.717) is 31.6 Å². The molecule has 2 aromatic heterocycles. The van der Waals surface area contributed by atoms with Crippen LogP contribution in [0, 0.1) is 0 Å². The lowest BCUT2D eigenvalue weighted by Gasteiger charge is -2.21. The summed E-state index contributed by atoms with van der Waals surface area (Å²) >= 11 is 0. The largest absolute Gasteiger partial charge is 0.459 e. The predicted octanol–water partition coefficient (Wildman–Crippen LogP) is 2.46. The lowest BCUT2D eigenvalue weighted by molar-refractivity contribution is -0.0309. The van der Waals surface area contributed by atoms with Gasteiger partial charge >= 0.3 is 5.97 Å². The van der Waals surface area contributed by atoms with Gasteiger partial charge in [-0.2, -0.15) is 4.31 Å². The van der Waals surface area contributed by atoms with Crippen LogP contribution in [0.1, 0.15) is 56.1 Å². The summed E-state index contributed by atoms with van der Waals surface area (Å²) in [4.78, 5) is 35.3. The molecule has 1 fully saturated rings. The van der Waals surface area contributed by atoms with E-state index in [0.717, 1.165) is 12.8 Å². The van der Waals surface area contributed by atoms with Crippen LogP contribution in [0.3, 0.4) is 0 Å². The molecule has 0 bridgehead atoms. The van der Waals surface area contributed by atoms with Crippen molar-refractivity contribution in [2.45, 2.75) is 56.8 Å². The zero-order valence-electron chi connectivity index (χ0n) is 19.7. The molecule has 11 nitrogen and oxygen atoms in total. The first-order valence-electron chi connectivity index (χ1n) is 11.7. The number of carbonyl (C=O) groups excluding carboxylic acids is 1. The number of hydrogen-bond acceptors (Lipinski definition) is 8. The molecule has 0 unspecified atom stereocenters. The van der Waals surface area contributed by atoms with E-state index in [4.69, 9.17) is 9.47 Å². The van der Waals surface area contributed by atoms with Gasteiger partial charge < -0.3 is 14.5 Å². The quantitative estimate of drug-likeness (QED) is 0.417. The Kier molecular flexibility index (Phi) is 7.63. The van der Waals surface area contributed by atoms with Crippen molar-refractivity contribution in [3.63, 3.8) is 0 Å². The number of ether oxygens (including phenoxy) is 2. The summed E-state index contributed by atoms with van der Waals surface area (Å²) in [6, 6.07) is 5.80. The van der Waals surface area contributed by atoms with E-state index in [2.05, 4.69) is 15.0 Å². The predicted molar refractivity (Wildman–Crippen MR) is 127 cm³/mol. The molecule has 1 saturated heterocycles. The van der Waals surface area contributed by atoms with Gasteiger partial charge in [-0.3, -0.25) is 9.36 Å². The van der Waals surface area contributed by atoms with Crippen LogP contribution in [0.25, 0.3) is 11.2 Å². The minimum absolute atomic E-state index is 0.0524. The first-order valence-corrected chi connectivity index (χ1v) is 13.1. The molecule has 3 aromatic rings. The van der Waals surface area contributed by atoms with Gasteiger partial charge in [0.15, 0.2) is 11.2 Å². The maximum Gasteiger partial charge on any atom is 0.338 e. The summed E-state index contributed by atoms with van der Waals surface area (Å²) in [6.07, 6.45) is 4.90. The smallest absolute Gasteiger partial charge is 0.338 e. The van der Waals surface area contributed by atoms with Crippen LogP contribution in [-0.2, 0) is 19.5 Å². The average molecular weight is 504 g/mol. The number of nitrogens with one attached hydrogen (secondary N) is 1. The monoisotopic (exact) mass is 503 g/mol. The third-order valence-electron chi connectivity index (χ3n) is 5.83. The lowest BCUT2D eigenvalue weighted by Crippen LogP contribution is -2.32. The number of rotatable bonds is 10. The van der Waals surface area contributed by atoms with E-state index >= 15 is 0 Å². The molecule has 1 aromatic carbocycles. The van der Waals surface area contributed by atoms with Crippen molar-refractivity contribution in [1.82, 2.24) is 23.8 Å². The van der Waals surface area contributed by atoms with E-state index in [1.54, 1.807) is 4.57 Å². The third kappa shape index (κ3) is 5.29. The number of sulfonamides is 1. The minimum atomic E-state index is -3.61. The number of benzene rings is 1. The van der Waals surface area contributed by atoms with Gasteiger partial charge in [0.05, 0.1) is 29.2 Å². The van der Waals surface area contributed by atoms with E-state index in [1.807, 2.05) is 13.8 Å². The molecule has 1 aliphatic rings. The van der Waals surface area contributed by atoms with Crippen molar-refractivity contribution in [2.24, 2.45) is 0 Å². The molecule has 0 radical (unpaired) electrons. The number of imidazole rings is 1. The highest BCUT2D eigenvalue weighted by Crippen LogP contribution is 2.30. The number of H-pyrrole nitrogens is 1. The third-order valence-corrected chi connectivity index (χ3v) is 7.75. The lowest BCUT2D eigenvalue weighted by atomic mass is 10.2. The van der Waals surface area contributed by atoms with Gasteiger partial charge in [0.2, 0.25) is 10.0 Å². The maximum atomic E-state index is 12.9. The highest BCUT2D eigenvalue weighted by atomic mass is 32.2. The van der Waals surface area contributed by atoms with Crippen molar-refractivity contribution in [3.05, 3.63) is 52.8 Å². The Labute approximate surface area is 203 Å². The standard InChI is InChI=1S/C23H29N5O6S/c1-3-11-27(12-4-2)35(31,32)18-8-5-16(6-9-18)23(30)33-13-17-7-10-19(34-17)28-15-26-20-21(28)24-14-25-22(20)29/h5-6,8-9,14-15,17,19H,3-4,7,10-13H2,1-2H3,(H,24,25,29)/t17-,19+/m0/s1. The van der Waals surface area contributed by atoms with Gasteiger partial charge in [-0.05, 0) is 49.9 Å². The Morgan fingerprint density at radius 2 is 1.89 bits per heavy atom. The van der Waals surface area contributed by atoms with Gasteiger partial charge in [-0.15, -0.1) is 0 Å². The van der Waals surface area contributed by atoms with E-state index in [9.17, 15) is 18.0 Å². The minimum Gasteiger partial charge on any atom is -0.459 e. The first kappa shape index (κ1) is 25.0. The molecule has 1 N–H and O–H groups in total. The number of fused-ring (bicyclic) bond motifs is 1. The Balaban J connectivity index is 1.35. The summed E-state index contributed by atoms with van der Waals surface area (Å²) in [5, 5.41) is 0. The summed E-state index contributed by atoms with van der Waals surface area (Å²) < 4.78 is 40.3. The fraction of sp³-hybridized carbons (Fsp3) is 0.478. The molecule has 12 heteroatoms. The number of hydrogen-bond donors (Lipinski definition) is 1. The molecule has 0 saturated carbocycles. The highest BCUT2D eigenvalue weighted by Gasteiger charge is 2.29. The van der Waals surface area contributed by atoms with Gasteiger partial charge in [0, 0.05) is 13.1 Å². The molecule has 0 amide bonds. The summed E-state index contributed by atoms with van der Waals surface area (Å²) in [5.41, 5.74) is 0.617. The Hall–Kier alpha value is -3.09. The van der Waals surface area contributed by atoms with Crippen molar-refractivity contribution in [1.29, 1.82) is 0 Å². The molecule has 35 heavy (non-hydrogen) atoms. The molecule has 0 aliphatic carbocycles. The van der Waals surface area contributed by atoms with Gasteiger partial charge in [-0.25, -0.2) is 23.2 Å². The summed E-state index contributed by atoms with van der Waals surface area (Å²) in [5.74, 6) is -0.554. The average Bonchev–Trinajstić information content (AvgIpc) is 3.50. The second-order valence-electron chi connectivity index (χ2n) is 8.37. The Morgan fingerprint density at radius 1 is 1.17 bits per heavy atom. The number of aromatic nitrogens is 4. The second-order valence-corrected chi connectivity index (χ2v) is 10.3. The van der Waals surface area contributed by atoms with Crippen LogP contribution in [-0.4, -0.2) is 64.0 Å². The van der Waals surface area contributed by atoms with Crippen molar-refractivity contribution >= 4 is 27.2 Å². The topological polar surface area (TPSA) is 136 Å². The molecule has 2 atom stereocenters. The second kappa shape index (κ2) is 10.7. The molecule has 4 rings (SSSR count). The van der Waals surface area contributed by atoms with E-state index in [1.165, 1.54) is 41.2 Å². The van der Waals surface area contributed by atoms with Crippen molar-refractivity contribution in [3.8, 4) is 0 Å². The SMILES string of the molecule is CCCN(CCC)S(=O)(=O)c1ccc(C(=O)OC[C@@H]2CC[C@H](n3cnc4c(=O)[nH]cnc43)O2)cc1. The molecular weight excluding hydrogens is 474 g/mol. The van der Waals surface area contributed by atoms with Crippen molar-refractivity contribution in [2.75, 3.05) is 19.7 Å². The zero-order chi connectivity index (χ0) is 25.0. The van der Waals surface area contributed by atoms with E-state index in [-0.39, 0.29) is 40.5 Å². The van der Waals surface area contributed by atoms with Crippen LogP contribution >= 0.6 is 0 Å². The normalized spacial score (nSPS) is 18.4. The highest BCUT2D eigenvalue weighted by molar-refractivity contribution is 7.89. The van der Waals surface area contributed by atoms with Gasteiger partial charge in [-0.1, -0.05) is 13.8 Å². The Morgan fingerprint density at radius 3 is 2.57 bits per heavy atom. The molecule has 0 spiro atoms. The fourth-order valence-corrected chi connectivity index (χ4v) is 5.73. The summed E-state index contributed by atoms with van der Waals surface area (Å²) in [6.45, 7) is 4.82. The fourth-order valence-electron chi connectivity index (χ4n) is 4.10. The first-order chi connectivity index (χ1) is 16.8. The number of carbonyl (C=O) groups is 1. The van der Waals surface area contributed by atoms with Crippen LogP contribution in [0.4, 0.5) is 0 Å². The number of esters is 1. The molecule has 3 heterocycles. The molecule has 188 valence electrons. The van der Waals surface area contributed by atoms with Gasteiger partial charge in [0.25, 0.3) is 5.56 Å². The number of aromatic amines is 1. The van der Waals surface area contributed by atoms with Crippen LogP contribution < -0.4 is 5.56 Å². The molecule has 1 aliphatic heterocycles. The van der Waals surface area contributed by atoms with Crippen LogP contribution in [0.15, 0.2) is 46.6 Å². The molecular formula is C23H29N5O6S. The Bertz CT molecular complexity index is 1330. The number of nitrogens with zero attached hydrogens (tertiary/aromatic N) is 4. The summed E-state index contributed by atoms with van der Waals surface area (Å²) in [7, 11) is -3.61.